The van der Waals surface area contributed by atoms with Gasteiger partial charge in [-0.05, 0) is 35.5 Å². The van der Waals surface area contributed by atoms with Crippen LogP contribution in [0, 0.1) is 10.1 Å². The van der Waals surface area contributed by atoms with E-state index in [1.165, 1.54) is 4.90 Å². The second-order valence-electron chi connectivity index (χ2n) is 7.06. The summed E-state index contributed by atoms with van der Waals surface area (Å²) in [6.45, 7) is -0.428. The summed E-state index contributed by atoms with van der Waals surface area (Å²) in [5.74, 6) is -1.10. The van der Waals surface area contributed by atoms with E-state index in [0.29, 0.717) is 16.8 Å². The quantitative estimate of drug-likeness (QED) is 0.374. The van der Waals surface area contributed by atoms with E-state index in [-0.39, 0.29) is 15.9 Å². The molecular formula is C23H19N3O3S. The lowest BCUT2D eigenvalue weighted by Gasteiger charge is -2.34. The van der Waals surface area contributed by atoms with Crippen LogP contribution in [0.15, 0.2) is 91.0 Å². The second kappa shape index (κ2) is 8.04. The average Bonchev–Trinajstić information content (AvgIpc) is 3.04. The molecule has 4 rings (SSSR count). The predicted molar refractivity (Wildman–Crippen MR) is 119 cm³/mol. The van der Waals surface area contributed by atoms with Crippen LogP contribution in [0.4, 0.5) is 5.69 Å². The molecule has 0 spiro atoms. The van der Waals surface area contributed by atoms with Crippen LogP contribution >= 0.6 is 12.2 Å². The van der Waals surface area contributed by atoms with Crippen molar-refractivity contribution in [3.05, 3.63) is 112 Å². The molecule has 30 heavy (non-hydrogen) atoms. The number of rotatable bonds is 6. The second-order valence-corrected chi connectivity index (χ2v) is 7.45. The Morgan fingerprint density at radius 1 is 0.933 bits per heavy atom. The van der Waals surface area contributed by atoms with Crippen LogP contribution in [0.5, 0.6) is 0 Å². The Bertz CT molecular complexity index is 1080. The lowest BCUT2D eigenvalue weighted by atomic mass is 9.74. The summed E-state index contributed by atoms with van der Waals surface area (Å²) in [4.78, 5) is 26.7. The highest BCUT2D eigenvalue weighted by atomic mass is 32.1. The van der Waals surface area contributed by atoms with Crippen LogP contribution in [0.25, 0.3) is 0 Å². The fourth-order valence-corrected chi connectivity index (χ4v) is 4.37. The number of nitrogens with one attached hydrogen (secondary N) is 1. The Labute approximate surface area is 179 Å². The van der Waals surface area contributed by atoms with E-state index in [0.717, 1.165) is 0 Å². The van der Waals surface area contributed by atoms with Crippen LogP contribution in [-0.4, -0.2) is 22.5 Å². The van der Waals surface area contributed by atoms with Gasteiger partial charge in [-0.25, -0.2) is 0 Å². The zero-order valence-electron chi connectivity index (χ0n) is 16.0. The zero-order valence-corrected chi connectivity index (χ0v) is 16.8. The van der Waals surface area contributed by atoms with Gasteiger partial charge in [0.15, 0.2) is 10.7 Å². The van der Waals surface area contributed by atoms with E-state index in [2.05, 4.69) is 5.32 Å². The summed E-state index contributed by atoms with van der Waals surface area (Å²) in [7, 11) is 0. The number of hydrogen-bond acceptors (Lipinski definition) is 4. The number of amides is 1. The Balaban J connectivity index is 1.93. The number of benzene rings is 3. The standard InChI is InChI=1S/C23H19N3O3S/c27-21-23(18-12-6-2-7-13-18,20(16-25(28)29)17-10-4-1-5-11-17)24-22(30)26(21)19-14-8-3-9-15-19/h1-15,20H,16H2,(H,24,30)/t20-,23-/m0/s1. The molecule has 0 bridgehead atoms. The third-order valence-corrected chi connectivity index (χ3v) is 5.63. The Kier molecular flexibility index (Phi) is 5.29. The van der Waals surface area contributed by atoms with Crippen LogP contribution in [0.3, 0.4) is 0 Å². The van der Waals surface area contributed by atoms with Gasteiger partial charge >= 0.3 is 0 Å². The molecule has 1 amide bonds. The maximum atomic E-state index is 14.0. The van der Waals surface area contributed by atoms with Crippen molar-refractivity contribution in [3.8, 4) is 0 Å². The van der Waals surface area contributed by atoms with E-state index in [1.807, 2.05) is 66.7 Å². The fourth-order valence-electron chi connectivity index (χ4n) is 4.02. The van der Waals surface area contributed by atoms with Gasteiger partial charge in [0.1, 0.15) is 0 Å². The Morgan fingerprint density at radius 3 is 2.03 bits per heavy atom. The van der Waals surface area contributed by atoms with Crippen molar-refractivity contribution < 1.29 is 9.72 Å². The number of nitro groups is 1. The molecule has 150 valence electrons. The van der Waals surface area contributed by atoms with E-state index in [4.69, 9.17) is 12.2 Å². The molecule has 3 aromatic carbocycles. The van der Waals surface area contributed by atoms with Crippen molar-refractivity contribution >= 4 is 28.9 Å². The van der Waals surface area contributed by atoms with Gasteiger partial charge in [0.05, 0.1) is 11.6 Å². The first-order chi connectivity index (χ1) is 14.5. The smallest absolute Gasteiger partial charge is 0.264 e. The number of nitrogens with zero attached hydrogens (tertiary/aromatic N) is 2. The number of carbonyl (C=O) groups excluding carboxylic acids is 1. The van der Waals surface area contributed by atoms with Gasteiger partial charge in [-0.2, -0.15) is 0 Å². The molecule has 1 heterocycles. The fraction of sp³-hybridized carbons (Fsp3) is 0.130. The molecule has 1 N–H and O–H groups in total. The number of thiocarbonyl (C=S) groups is 1. The molecule has 0 radical (unpaired) electrons. The molecule has 0 unspecified atom stereocenters. The van der Waals surface area contributed by atoms with Crippen molar-refractivity contribution in [2.75, 3.05) is 11.4 Å². The molecule has 2 atom stereocenters. The van der Waals surface area contributed by atoms with E-state index in [1.54, 1.807) is 24.3 Å². The number of para-hydroxylation sites is 1. The highest BCUT2D eigenvalue weighted by Crippen LogP contribution is 2.43. The Hall–Kier alpha value is -3.58. The number of anilines is 1. The van der Waals surface area contributed by atoms with Crippen molar-refractivity contribution in [2.45, 2.75) is 11.5 Å². The third-order valence-electron chi connectivity index (χ3n) is 5.35. The normalized spacial score (nSPS) is 19.4. The largest absolute Gasteiger partial charge is 0.343 e. The predicted octanol–water partition coefficient (Wildman–Crippen LogP) is 3.86. The summed E-state index contributed by atoms with van der Waals surface area (Å²) in [6, 6.07) is 27.2. The van der Waals surface area contributed by atoms with Gasteiger partial charge in [0.25, 0.3) is 5.91 Å². The van der Waals surface area contributed by atoms with Crippen molar-refractivity contribution in [3.63, 3.8) is 0 Å². The van der Waals surface area contributed by atoms with Gasteiger partial charge in [-0.1, -0.05) is 78.9 Å². The lowest BCUT2D eigenvalue weighted by molar-refractivity contribution is -0.485. The van der Waals surface area contributed by atoms with Gasteiger partial charge in [-0.15, -0.1) is 0 Å². The first kappa shape index (κ1) is 19.7. The molecule has 1 aliphatic heterocycles. The molecule has 1 aliphatic rings. The lowest BCUT2D eigenvalue weighted by Crippen LogP contribution is -2.51. The van der Waals surface area contributed by atoms with Crippen molar-refractivity contribution in [2.24, 2.45) is 0 Å². The summed E-state index contributed by atoms with van der Waals surface area (Å²) in [5.41, 5.74) is 0.539. The average molecular weight is 417 g/mol. The molecule has 0 saturated carbocycles. The molecule has 0 aliphatic carbocycles. The molecule has 6 nitrogen and oxygen atoms in total. The first-order valence-corrected chi connectivity index (χ1v) is 9.89. The maximum Gasteiger partial charge on any atom is 0.264 e. The monoisotopic (exact) mass is 417 g/mol. The summed E-state index contributed by atoms with van der Waals surface area (Å²) in [6.07, 6.45) is 0. The molecule has 7 heteroatoms. The van der Waals surface area contributed by atoms with Crippen LogP contribution in [-0.2, 0) is 10.3 Å². The van der Waals surface area contributed by atoms with Crippen LogP contribution in [0.1, 0.15) is 17.0 Å². The molecule has 1 saturated heterocycles. The molecule has 3 aromatic rings. The van der Waals surface area contributed by atoms with Crippen molar-refractivity contribution in [1.82, 2.24) is 5.32 Å². The Morgan fingerprint density at radius 2 is 1.47 bits per heavy atom. The zero-order chi connectivity index (χ0) is 21.1. The minimum atomic E-state index is -1.40. The maximum absolute atomic E-state index is 14.0. The molecule has 0 aromatic heterocycles. The highest BCUT2D eigenvalue weighted by molar-refractivity contribution is 7.80. The molecule has 1 fully saturated rings. The summed E-state index contributed by atoms with van der Waals surface area (Å²) in [5, 5.41) is 15.1. The highest BCUT2D eigenvalue weighted by Gasteiger charge is 2.58. The third kappa shape index (κ3) is 3.33. The van der Waals surface area contributed by atoms with E-state index < -0.39 is 18.0 Å². The van der Waals surface area contributed by atoms with Gasteiger partial charge in [0.2, 0.25) is 6.54 Å². The minimum absolute atomic E-state index is 0.222. The number of carbonyl (C=O) groups is 1. The molecular weight excluding hydrogens is 398 g/mol. The van der Waals surface area contributed by atoms with Crippen LogP contribution < -0.4 is 10.2 Å². The summed E-state index contributed by atoms with van der Waals surface area (Å²) >= 11 is 5.56. The first-order valence-electron chi connectivity index (χ1n) is 9.48. The van der Waals surface area contributed by atoms with Gasteiger partial charge in [-0.3, -0.25) is 19.8 Å². The number of hydrogen-bond donors (Lipinski definition) is 1. The SMILES string of the molecule is O=C1N(c2ccccc2)C(=S)N[C@@]1(c1ccccc1)[C@@H](C[N+](=O)[O-])c1ccccc1. The van der Waals surface area contributed by atoms with E-state index in [9.17, 15) is 14.9 Å². The topological polar surface area (TPSA) is 75.5 Å². The van der Waals surface area contributed by atoms with Crippen LogP contribution in [0.2, 0.25) is 0 Å². The minimum Gasteiger partial charge on any atom is -0.343 e. The van der Waals surface area contributed by atoms with E-state index >= 15 is 0 Å². The van der Waals surface area contributed by atoms with Crippen molar-refractivity contribution in [1.29, 1.82) is 0 Å². The summed E-state index contributed by atoms with van der Waals surface area (Å²) < 4.78 is 0. The van der Waals surface area contributed by atoms with Gasteiger partial charge < -0.3 is 5.32 Å². The van der Waals surface area contributed by atoms with Gasteiger partial charge in [0, 0.05) is 4.92 Å².